The Kier molecular flexibility index (Phi) is 4.81. The van der Waals surface area contributed by atoms with Crippen LogP contribution in [0, 0.1) is 0 Å². The molecule has 0 bridgehead atoms. The van der Waals surface area contributed by atoms with Crippen LogP contribution in [-0.2, 0) is 6.54 Å². The number of benzene rings is 1. The first-order valence-electron chi connectivity index (χ1n) is 6.21. The van der Waals surface area contributed by atoms with E-state index in [1.54, 1.807) is 0 Å². The van der Waals surface area contributed by atoms with Crippen LogP contribution in [0.15, 0.2) is 40.5 Å². The number of amides is 2. The van der Waals surface area contributed by atoms with Gasteiger partial charge in [-0.2, -0.15) is 0 Å². The van der Waals surface area contributed by atoms with Gasteiger partial charge in [-0.25, -0.2) is 4.79 Å². The van der Waals surface area contributed by atoms with Crippen molar-refractivity contribution in [3.05, 3.63) is 46.1 Å². The molecule has 0 unspecified atom stereocenters. The Morgan fingerprint density at radius 1 is 1.28 bits per heavy atom. The highest BCUT2D eigenvalue weighted by Crippen LogP contribution is 2.22. The van der Waals surface area contributed by atoms with Gasteiger partial charge in [0.05, 0.1) is 0 Å². The molecule has 0 heterocycles. The van der Waals surface area contributed by atoms with E-state index in [4.69, 9.17) is 0 Å². The Bertz CT molecular complexity index is 449. The van der Waals surface area contributed by atoms with Crippen molar-refractivity contribution in [3.63, 3.8) is 0 Å². The van der Waals surface area contributed by atoms with Gasteiger partial charge >= 0.3 is 6.03 Å². The zero-order chi connectivity index (χ0) is 12.8. The third-order valence-electron chi connectivity index (χ3n) is 3.05. The highest BCUT2D eigenvalue weighted by Gasteiger charge is 2.07. The Morgan fingerprint density at radius 2 is 2.00 bits per heavy atom. The van der Waals surface area contributed by atoms with E-state index >= 15 is 0 Å². The molecule has 0 aliphatic heterocycles. The monoisotopic (exact) mass is 308 g/mol. The second-order valence-corrected chi connectivity index (χ2v) is 5.28. The first-order chi connectivity index (χ1) is 8.75. The van der Waals surface area contributed by atoms with Gasteiger partial charge in [0.25, 0.3) is 0 Å². The number of hydrogen-bond acceptors (Lipinski definition) is 1. The van der Waals surface area contributed by atoms with Crippen molar-refractivity contribution >= 4 is 22.0 Å². The lowest BCUT2D eigenvalue weighted by molar-refractivity contribution is 0.243. The van der Waals surface area contributed by atoms with Gasteiger partial charge < -0.3 is 10.6 Å². The van der Waals surface area contributed by atoms with Crippen molar-refractivity contribution in [2.24, 2.45) is 0 Å². The molecule has 0 atom stereocenters. The quantitative estimate of drug-likeness (QED) is 0.878. The predicted octanol–water partition coefficient (Wildman–Crippen LogP) is 3.71. The van der Waals surface area contributed by atoms with Gasteiger partial charge in [-0.15, -0.1) is 0 Å². The van der Waals surface area contributed by atoms with Crippen molar-refractivity contribution in [1.82, 2.24) is 10.6 Å². The lowest BCUT2D eigenvalue weighted by Crippen LogP contribution is -2.31. The predicted molar refractivity (Wildman–Crippen MR) is 76.1 cm³/mol. The molecule has 96 valence electrons. The van der Waals surface area contributed by atoms with Gasteiger partial charge in [0.2, 0.25) is 0 Å². The molecule has 0 radical (unpaired) electrons. The average molecular weight is 309 g/mol. The van der Waals surface area contributed by atoms with E-state index in [-0.39, 0.29) is 6.03 Å². The van der Waals surface area contributed by atoms with Crippen molar-refractivity contribution in [1.29, 1.82) is 0 Å². The summed E-state index contributed by atoms with van der Waals surface area (Å²) in [5, 5.41) is 5.63. The van der Waals surface area contributed by atoms with Crippen molar-refractivity contribution < 1.29 is 4.79 Å². The van der Waals surface area contributed by atoms with Crippen LogP contribution in [-0.4, -0.2) is 6.03 Å². The zero-order valence-corrected chi connectivity index (χ0v) is 11.8. The molecule has 1 saturated carbocycles. The maximum Gasteiger partial charge on any atom is 0.319 e. The summed E-state index contributed by atoms with van der Waals surface area (Å²) in [6, 6.07) is 7.72. The van der Waals surface area contributed by atoms with Gasteiger partial charge in [-0.1, -0.05) is 39.7 Å². The Hall–Kier alpha value is -1.29. The van der Waals surface area contributed by atoms with Crippen LogP contribution in [0.2, 0.25) is 0 Å². The maximum atomic E-state index is 11.6. The van der Waals surface area contributed by atoms with Crippen LogP contribution in [0.5, 0.6) is 0 Å². The second kappa shape index (κ2) is 6.59. The number of rotatable bonds is 3. The molecule has 4 heteroatoms. The first kappa shape index (κ1) is 13.1. The molecule has 1 aliphatic rings. The van der Waals surface area contributed by atoms with Gasteiger partial charge in [-0.05, 0) is 37.3 Å². The van der Waals surface area contributed by atoms with Gasteiger partial charge in [0.15, 0.2) is 0 Å². The molecular formula is C14H17BrN2O. The molecule has 1 aromatic rings. The zero-order valence-electron chi connectivity index (χ0n) is 10.2. The van der Waals surface area contributed by atoms with Crippen molar-refractivity contribution in [2.45, 2.75) is 32.2 Å². The lowest BCUT2D eigenvalue weighted by atomic mass is 10.2. The minimum Gasteiger partial charge on any atom is -0.334 e. The van der Waals surface area contributed by atoms with Crippen LogP contribution >= 0.6 is 15.9 Å². The highest BCUT2D eigenvalue weighted by atomic mass is 79.9. The van der Waals surface area contributed by atoms with E-state index in [2.05, 4.69) is 26.6 Å². The summed E-state index contributed by atoms with van der Waals surface area (Å²) >= 11 is 3.46. The maximum absolute atomic E-state index is 11.6. The number of nitrogens with one attached hydrogen (secondary N) is 2. The molecule has 2 rings (SSSR count). The van der Waals surface area contributed by atoms with Crippen LogP contribution in [0.4, 0.5) is 4.79 Å². The summed E-state index contributed by atoms with van der Waals surface area (Å²) in [5.74, 6) is 0. The minimum atomic E-state index is -0.148. The Labute approximate surface area is 116 Å². The van der Waals surface area contributed by atoms with Gasteiger partial charge in [0, 0.05) is 17.2 Å². The summed E-state index contributed by atoms with van der Waals surface area (Å²) in [6.45, 7) is 0.524. The van der Waals surface area contributed by atoms with Crippen LogP contribution < -0.4 is 10.6 Å². The molecule has 2 amide bonds. The van der Waals surface area contributed by atoms with Crippen LogP contribution in [0.3, 0.4) is 0 Å². The summed E-state index contributed by atoms with van der Waals surface area (Å²) in [5.41, 5.74) is 2.41. The minimum absolute atomic E-state index is 0.148. The number of carbonyl (C=O) groups excluding carboxylic acids is 1. The summed E-state index contributed by atoms with van der Waals surface area (Å²) in [7, 11) is 0. The smallest absolute Gasteiger partial charge is 0.319 e. The largest absolute Gasteiger partial charge is 0.334 e. The van der Waals surface area contributed by atoms with Gasteiger partial charge in [0.1, 0.15) is 0 Å². The van der Waals surface area contributed by atoms with E-state index in [1.807, 2.05) is 30.5 Å². The van der Waals surface area contributed by atoms with Crippen LogP contribution in [0.25, 0.3) is 0 Å². The topological polar surface area (TPSA) is 41.1 Å². The van der Waals surface area contributed by atoms with Crippen molar-refractivity contribution in [3.8, 4) is 0 Å². The molecule has 1 fully saturated rings. The van der Waals surface area contributed by atoms with E-state index in [9.17, 15) is 4.79 Å². The number of allylic oxidation sites excluding steroid dienone is 1. The summed E-state index contributed by atoms with van der Waals surface area (Å²) in [4.78, 5) is 11.6. The molecule has 18 heavy (non-hydrogen) atoms. The first-order valence-corrected chi connectivity index (χ1v) is 7.01. The Morgan fingerprint density at radius 3 is 2.72 bits per heavy atom. The second-order valence-electron chi connectivity index (χ2n) is 4.43. The molecule has 2 N–H and O–H groups in total. The molecule has 3 nitrogen and oxygen atoms in total. The standard InChI is InChI=1S/C14H17BrN2O/c15-13-8-4-3-7-12(13)10-17-14(18)16-9-11-5-1-2-6-11/h3-4,7-9H,1-2,5-6,10H2,(H2,16,17,18). The molecule has 1 aliphatic carbocycles. The number of hydrogen-bond donors (Lipinski definition) is 2. The molecular weight excluding hydrogens is 292 g/mol. The third kappa shape index (κ3) is 3.88. The SMILES string of the molecule is O=C(NC=C1CCCC1)NCc1ccccc1Br. The number of carbonyl (C=O) groups is 1. The summed E-state index contributed by atoms with van der Waals surface area (Å²) in [6.07, 6.45) is 6.57. The van der Waals surface area contributed by atoms with E-state index in [0.717, 1.165) is 22.9 Å². The van der Waals surface area contributed by atoms with Crippen molar-refractivity contribution in [2.75, 3.05) is 0 Å². The fourth-order valence-corrected chi connectivity index (χ4v) is 2.43. The molecule has 0 saturated heterocycles. The number of halogens is 1. The van der Waals surface area contributed by atoms with E-state index in [0.29, 0.717) is 6.54 Å². The van der Waals surface area contributed by atoms with Crippen LogP contribution in [0.1, 0.15) is 31.2 Å². The van der Waals surface area contributed by atoms with Gasteiger partial charge in [-0.3, -0.25) is 0 Å². The normalized spacial score (nSPS) is 14.4. The number of urea groups is 1. The fraction of sp³-hybridized carbons (Fsp3) is 0.357. The third-order valence-corrected chi connectivity index (χ3v) is 3.82. The van der Waals surface area contributed by atoms with E-state index in [1.165, 1.54) is 18.4 Å². The van der Waals surface area contributed by atoms with E-state index < -0.39 is 0 Å². The Balaban J connectivity index is 1.78. The summed E-state index contributed by atoms with van der Waals surface area (Å²) < 4.78 is 1.01. The molecule has 1 aromatic carbocycles. The highest BCUT2D eigenvalue weighted by molar-refractivity contribution is 9.10. The lowest BCUT2D eigenvalue weighted by Gasteiger charge is -2.07. The average Bonchev–Trinajstić information content (AvgIpc) is 2.88. The fourth-order valence-electron chi connectivity index (χ4n) is 2.01. The molecule has 0 aromatic heterocycles. The molecule has 0 spiro atoms.